The van der Waals surface area contributed by atoms with Crippen molar-refractivity contribution in [3.63, 3.8) is 0 Å². The first-order valence-corrected chi connectivity index (χ1v) is 7.18. The fourth-order valence-electron chi connectivity index (χ4n) is 3.40. The molecular weight excluding hydrogens is 198 g/mol. The molecule has 0 aromatic carbocycles. The summed E-state index contributed by atoms with van der Waals surface area (Å²) in [6.07, 6.45) is 10.3. The summed E-state index contributed by atoms with van der Waals surface area (Å²) in [5.74, 6) is 0. The number of nitrogens with one attached hydrogen (secondary N) is 1. The molecule has 1 N–H and O–H groups in total. The molecule has 0 aromatic heterocycles. The Balaban J connectivity index is 1.86. The Labute approximate surface area is 100 Å². The largest absolute Gasteiger partial charge is 0.375 e. The maximum absolute atomic E-state index is 6.07. The van der Waals surface area contributed by atoms with Crippen LogP contribution in [0.5, 0.6) is 0 Å². The maximum atomic E-state index is 6.07. The van der Waals surface area contributed by atoms with Gasteiger partial charge in [-0.15, -0.1) is 0 Å². The van der Waals surface area contributed by atoms with Gasteiger partial charge in [-0.2, -0.15) is 0 Å². The Morgan fingerprint density at radius 3 is 2.56 bits per heavy atom. The predicted molar refractivity (Wildman–Crippen MR) is 67.7 cm³/mol. The minimum atomic E-state index is 0.266. The van der Waals surface area contributed by atoms with Crippen molar-refractivity contribution in [3.05, 3.63) is 0 Å². The normalized spacial score (nSPS) is 29.1. The maximum Gasteiger partial charge on any atom is 0.0697 e. The molecule has 0 bridgehead atoms. The third-order valence-corrected chi connectivity index (χ3v) is 4.46. The van der Waals surface area contributed by atoms with Gasteiger partial charge in [0, 0.05) is 18.7 Å². The lowest BCUT2D eigenvalue weighted by Gasteiger charge is -2.40. The highest BCUT2D eigenvalue weighted by molar-refractivity contribution is 4.94. The smallest absolute Gasteiger partial charge is 0.0697 e. The van der Waals surface area contributed by atoms with Crippen LogP contribution in [0.15, 0.2) is 0 Å². The van der Waals surface area contributed by atoms with Crippen molar-refractivity contribution in [2.45, 2.75) is 82.9 Å². The van der Waals surface area contributed by atoms with E-state index in [0.29, 0.717) is 12.1 Å². The fraction of sp³-hybridized carbons (Fsp3) is 1.00. The molecule has 1 saturated heterocycles. The summed E-state index contributed by atoms with van der Waals surface area (Å²) in [6, 6.07) is 1.42. The Kier molecular flexibility index (Phi) is 4.26. The van der Waals surface area contributed by atoms with Crippen molar-refractivity contribution in [2.75, 3.05) is 6.61 Å². The molecule has 16 heavy (non-hydrogen) atoms. The van der Waals surface area contributed by atoms with E-state index in [1.807, 2.05) is 0 Å². The molecular formula is C14H27NO. The van der Waals surface area contributed by atoms with Crippen molar-refractivity contribution in [1.82, 2.24) is 5.32 Å². The summed E-state index contributed by atoms with van der Waals surface area (Å²) in [6.45, 7) is 5.54. The number of hydrogen-bond donors (Lipinski definition) is 1. The van der Waals surface area contributed by atoms with E-state index in [-0.39, 0.29) is 5.60 Å². The van der Waals surface area contributed by atoms with Crippen LogP contribution in [0.2, 0.25) is 0 Å². The highest BCUT2D eigenvalue weighted by Crippen LogP contribution is 2.40. The van der Waals surface area contributed by atoms with E-state index in [0.717, 1.165) is 6.61 Å². The first kappa shape index (κ1) is 12.4. The zero-order chi connectivity index (χ0) is 11.4. The lowest BCUT2D eigenvalue weighted by molar-refractivity contribution is -0.0848. The number of ether oxygens (including phenoxy) is 1. The van der Waals surface area contributed by atoms with E-state index in [2.05, 4.69) is 19.2 Å². The molecule has 1 spiro atoms. The Morgan fingerprint density at radius 2 is 1.94 bits per heavy atom. The standard InChI is InChI=1S/C14H27NO/c1-3-12(4-2)15-13-7-10-16-14(11-13)8-5-6-9-14/h12-13,15H,3-11H2,1-2H3. The van der Waals surface area contributed by atoms with Crippen LogP contribution in [0.1, 0.15) is 65.2 Å². The van der Waals surface area contributed by atoms with Gasteiger partial charge >= 0.3 is 0 Å². The van der Waals surface area contributed by atoms with Crippen LogP contribution >= 0.6 is 0 Å². The average molecular weight is 225 g/mol. The second-order valence-corrected chi connectivity index (χ2v) is 5.61. The van der Waals surface area contributed by atoms with Gasteiger partial charge in [0.25, 0.3) is 0 Å². The number of rotatable bonds is 4. The molecule has 0 aromatic rings. The molecule has 2 fully saturated rings. The minimum Gasteiger partial charge on any atom is -0.375 e. The van der Waals surface area contributed by atoms with Crippen molar-refractivity contribution in [2.24, 2.45) is 0 Å². The fourth-order valence-corrected chi connectivity index (χ4v) is 3.40. The SMILES string of the molecule is CCC(CC)NC1CCOC2(CCCC2)C1. The molecule has 0 radical (unpaired) electrons. The van der Waals surface area contributed by atoms with Gasteiger partial charge < -0.3 is 10.1 Å². The van der Waals surface area contributed by atoms with Gasteiger partial charge in [0.2, 0.25) is 0 Å². The Morgan fingerprint density at radius 1 is 1.25 bits per heavy atom. The highest BCUT2D eigenvalue weighted by atomic mass is 16.5. The molecule has 2 heteroatoms. The first-order valence-electron chi connectivity index (χ1n) is 7.18. The summed E-state index contributed by atoms with van der Waals surface area (Å²) in [5.41, 5.74) is 0.266. The molecule has 2 aliphatic rings. The van der Waals surface area contributed by atoms with E-state index in [1.165, 1.54) is 51.4 Å². The highest BCUT2D eigenvalue weighted by Gasteiger charge is 2.39. The molecule has 1 unspecified atom stereocenters. The molecule has 2 rings (SSSR count). The summed E-state index contributed by atoms with van der Waals surface area (Å²) in [5, 5.41) is 3.83. The average Bonchev–Trinajstić information content (AvgIpc) is 2.74. The molecule has 1 atom stereocenters. The molecule has 1 aliphatic heterocycles. The molecule has 94 valence electrons. The zero-order valence-electron chi connectivity index (χ0n) is 10.9. The second kappa shape index (κ2) is 5.50. The van der Waals surface area contributed by atoms with Crippen LogP contribution in [0.25, 0.3) is 0 Å². The number of hydrogen-bond acceptors (Lipinski definition) is 2. The van der Waals surface area contributed by atoms with Crippen LogP contribution < -0.4 is 5.32 Å². The molecule has 2 nitrogen and oxygen atoms in total. The van der Waals surface area contributed by atoms with Gasteiger partial charge in [-0.25, -0.2) is 0 Å². The third kappa shape index (κ3) is 2.78. The Bertz CT molecular complexity index is 207. The third-order valence-electron chi connectivity index (χ3n) is 4.46. The van der Waals surface area contributed by atoms with Crippen LogP contribution in [0, 0.1) is 0 Å². The summed E-state index contributed by atoms with van der Waals surface area (Å²) in [7, 11) is 0. The zero-order valence-corrected chi connectivity index (χ0v) is 10.9. The van der Waals surface area contributed by atoms with E-state index in [9.17, 15) is 0 Å². The van der Waals surface area contributed by atoms with E-state index in [4.69, 9.17) is 4.74 Å². The first-order chi connectivity index (χ1) is 7.78. The van der Waals surface area contributed by atoms with Gasteiger partial charge in [0.05, 0.1) is 5.60 Å². The van der Waals surface area contributed by atoms with Gasteiger partial charge in [0.1, 0.15) is 0 Å². The van der Waals surface area contributed by atoms with Crippen LogP contribution in [0.3, 0.4) is 0 Å². The second-order valence-electron chi connectivity index (χ2n) is 5.61. The van der Waals surface area contributed by atoms with Gasteiger partial charge in [0.15, 0.2) is 0 Å². The van der Waals surface area contributed by atoms with E-state index in [1.54, 1.807) is 0 Å². The van der Waals surface area contributed by atoms with Gasteiger partial charge in [-0.3, -0.25) is 0 Å². The molecule has 1 heterocycles. The Hall–Kier alpha value is -0.0800. The minimum absolute atomic E-state index is 0.266. The molecule has 1 saturated carbocycles. The van der Waals surface area contributed by atoms with Gasteiger partial charge in [-0.05, 0) is 38.5 Å². The quantitative estimate of drug-likeness (QED) is 0.793. The summed E-state index contributed by atoms with van der Waals surface area (Å²) in [4.78, 5) is 0. The monoisotopic (exact) mass is 225 g/mol. The van der Waals surface area contributed by atoms with Crippen LogP contribution in [-0.2, 0) is 4.74 Å². The lowest BCUT2D eigenvalue weighted by Crippen LogP contribution is -2.48. The van der Waals surface area contributed by atoms with Crippen molar-refractivity contribution >= 4 is 0 Å². The molecule has 0 amide bonds. The summed E-state index contributed by atoms with van der Waals surface area (Å²) >= 11 is 0. The van der Waals surface area contributed by atoms with Crippen LogP contribution in [-0.4, -0.2) is 24.3 Å². The van der Waals surface area contributed by atoms with Crippen molar-refractivity contribution in [3.8, 4) is 0 Å². The van der Waals surface area contributed by atoms with Crippen molar-refractivity contribution in [1.29, 1.82) is 0 Å². The van der Waals surface area contributed by atoms with Gasteiger partial charge in [-0.1, -0.05) is 26.7 Å². The summed E-state index contributed by atoms with van der Waals surface area (Å²) < 4.78 is 6.07. The topological polar surface area (TPSA) is 21.3 Å². The van der Waals surface area contributed by atoms with E-state index < -0.39 is 0 Å². The van der Waals surface area contributed by atoms with Crippen LogP contribution in [0.4, 0.5) is 0 Å². The van der Waals surface area contributed by atoms with E-state index >= 15 is 0 Å². The lowest BCUT2D eigenvalue weighted by atomic mass is 9.88. The van der Waals surface area contributed by atoms with Crippen molar-refractivity contribution < 1.29 is 4.74 Å². The predicted octanol–water partition coefficient (Wildman–Crippen LogP) is 3.26. The molecule has 1 aliphatic carbocycles.